The van der Waals surface area contributed by atoms with E-state index in [4.69, 9.17) is 9.26 Å². The number of carbonyl (C=O) groups is 2. The maximum absolute atomic E-state index is 12.6. The normalized spacial score (nSPS) is 10.5. The van der Waals surface area contributed by atoms with Crippen LogP contribution in [0, 0.1) is 0 Å². The van der Waals surface area contributed by atoms with E-state index < -0.39 is 0 Å². The number of urea groups is 1. The summed E-state index contributed by atoms with van der Waals surface area (Å²) in [6, 6.07) is 23.6. The molecule has 0 fully saturated rings. The second-order valence-corrected chi connectivity index (χ2v) is 8.28. The van der Waals surface area contributed by atoms with Gasteiger partial charge in [0.1, 0.15) is 5.75 Å². The molecule has 3 amide bonds. The van der Waals surface area contributed by atoms with Gasteiger partial charge >= 0.3 is 6.03 Å². The van der Waals surface area contributed by atoms with E-state index in [1.54, 1.807) is 36.2 Å². The summed E-state index contributed by atoms with van der Waals surface area (Å²) in [4.78, 5) is 30.9. The van der Waals surface area contributed by atoms with E-state index >= 15 is 0 Å². The van der Waals surface area contributed by atoms with Crippen molar-refractivity contribution in [2.24, 2.45) is 0 Å². The SMILES string of the molecule is CCOc1ccccc1CNC(=O)c1ccc(-c2nc(CCN(C)C(=O)Nc3ccccc3)no2)cc1. The third-order valence-electron chi connectivity index (χ3n) is 5.62. The van der Waals surface area contributed by atoms with Crippen LogP contribution in [0.2, 0.25) is 0 Å². The zero-order valence-corrected chi connectivity index (χ0v) is 20.8. The van der Waals surface area contributed by atoms with Crippen LogP contribution in [0.25, 0.3) is 11.5 Å². The topological polar surface area (TPSA) is 110 Å². The standard InChI is InChI=1S/C28H29N5O4/c1-3-36-24-12-8-7-9-22(24)19-29-26(34)20-13-15-21(16-14-20)27-31-25(32-37-27)17-18-33(2)28(35)30-23-10-5-4-6-11-23/h4-16H,3,17-19H2,1-2H3,(H,29,34)(H,30,35). The Hall–Kier alpha value is -4.66. The van der Waals surface area contributed by atoms with Crippen LogP contribution in [0.5, 0.6) is 5.75 Å². The number of anilines is 1. The van der Waals surface area contributed by atoms with E-state index in [1.807, 2.05) is 61.5 Å². The number of carbonyl (C=O) groups excluding carboxylic acids is 2. The molecule has 4 rings (SSSR count). The molecule has 0 unspecified atom stereocenters. The highest BCUT2D eigenvalue weighted by Crippen LogP contribution is 2.20. The molecule has 0 aliphatic heterocycles. The number of benzene rings is 3. The van der Waals surface area contributed by atoms with Gasteiger partial charge in [-0.15, -0.1) is 0 Å². The number of aromatic nitrogens is 2. The Kier molecular flexibility index (Phi) is 8.49. The molecular weight excluding hydrogens is 470 g/mol. The van der Waals surface area contributed by atoms with Gasteiger partial charge in [0.2, 0.25) is 0 Å². The van der Waals surface area contributed by atoms with Gasteiger partial charge in [0, 0.05) is 48.9 Å². The van der Waals surface area contributed by atoms with E-state index in [1.165, 1.54) is 0 Å². The average molecular weight is 500 g/mol. The molecule has 2 N–H and O–H groups in total. The molecule has 0 radical (unpaired) electrons. The van der Waals surface area contributed by atoms with Crippen LogP contribution in [0.4, 0.5) is 10.5 Å². The van der Waals surface area contributed by atoms with Crippen LogP contribution in [0.3, 0.4) is 0 Å². The molecule has 0 aliphatic carbocycles. The van der Waals surface area contributed by atoms with Crippen LogP contribution in [0.15, 0.2) is 83.4 Å². The summed E-state index contributed by atoms with van der Waals surface area (Å²) in [5, 5.41) is 9.77. The molecular formula is C28H29N5O4. The molecule has 9 heteroatoms. The highest BCUT2D eigenvalue weighted by atomic mass is 16.5. The number of nitrogens with one attached hydrogen (secondary N) is 2. The maximum atomic E-state index is 12.6. The van der Waals surface area contributed by atoms with Crippen molar-refractivity contribution in [1.82, 2.24) is 20.4 Å². The third-order valence-corrected chi connectivity index (χ3v) is 5.62. The minimum atomic E-state index is -0.217. The molecule has 0 atom stereocenters. The Balaban J connectivity index is 1.29. The lowest BCUT2D eigenvalue weighted by Crippen LogP contribution is -2.33. The molecule has 0 bridgehead atoms. The van der Waals surface area contributed by atoms with Gasteiger partial charge in [-0.25, -0.2) is 4.79 Å². The number of hydrogen-bond acceptors (Lipinski definition) is 6. The summed E-state index contributed by atoms with van der Waals surface area (Å²) in [7, 11) is 1.71. The monoisotopic (exact) mass is 499 g/mol. The molecule has 190 valence electrons. The Morgan fingerprint density at radius 1 is 0.973 bits per heavy atom. The van der Waals surface area contributed by atoms with Crippen LogP contribution in [-0.2, 0) is 13.0 Å². The lowest BCUT2D eigenvalue weighted by atomic mass is 10.1. The first-order chi connectivity index (χ1) is 18.0. The first-order valence-electron chi connectivity index (χ1n) is 12.0. The summed E-state index contributed by atoms with van der Waals surface area (Å²) in [6.07, 6.45) is 0.436. The fraction of sp³-hybridized carbons (Fsp3) is 0.214. The Bertz CT molecular complexity index is 1320. The van der Waals surface area contributed by atoms with Gasteiger partial charge in [0.05, 0.1) is 6.61 Å². The smallest absolute Gasteiger partial charge is 0.321 e. The molecule has 0 saturated carbocycles. The van der Waals surface area contributed by atoms with E-state index in [2.05, 4.69) is 20.8 Å². The second-order valence-electron chi connectivity index (χ2n) is 8.28. The minimum absolute atomic E-state index is 0.194. The number of hydrogen-bond donors (Lipinski definition) is 2. The van der Waals surface area contributed by atoms with Crippen molar-refractivity contribution < 1.29 is 18.8 Å². The number of amides is 3. The van der Waals surface area contributed by atoms with E-state index in [9.17, 15) is 9.59 Å². The largest absolute Gasteiger partial charge is 0.494 e. The summed E-state index contributed by atoms with van der Waals surface area (Å²) in [6.45, 7) is 3.27. The number of nitrogens with zero attached hydrogens (tertiary/aromatic N) is 3. The number of rotatable bonds is 10. The second kappa shape index (κ2) is 12.3. The Morgan fingerprint density at radius 2 is 1.70 bits per heavy atom. The van der Waals surface area contributed by atoms with Crippen LogP contribution < -0.4 is 15.4 Å². The van der Waals surface area contributed by atoms with Gasteiger partial charge in [0.25, 0.3) is 11.8 Å². The number of ether oxygens (including phenoxy) is 1. The van der Waals surface area contributed by atoms with Gasteiger partial charge in [0.15, 0.2) is 5.82 Å². The summed E-state index contributed by atoms with van der Waals surface area (Å²) in [5.41, 5.74) is 2.86. The van der Waals surface area contributed by atoms with Gasteiger partial charge in [-0.05, 0) is 49.4 Å². The molecule has 37 heavy (non-hydrogen) atoms. The maximum Gasteiger partial charge on any atom is 0.321 e. The summed E-state index contributed by atoms with van der Waals surface area (Å²) < 4.78 is 11.0. The van der Waals surface area contributed by atoms with Crippen molar-refractivity contribution in [3.8, 4) is 17.2 Å². The predicted octanol–water partition coefficient (Wildman–Crippen LogP) is 4.77. The molecule has 0 aliphatic rings. The zero-order valence-electron chi connectivity index (χ0n) is 20.8. The first-order valence-corrected chi connectivity index (χ1v) is 12.0. The van der Waals surface area contributed by atoms with Crippen LogP contribution in [0.1, 0.15) is 28.7 Å². The van der Waals surface area contributed by atoms with Gasteiger partial charge in [-0.3, -0.25) is 4.79 Å². The summed E-state index contributed by atoms with van der Waals surface area (Å²) >= 11 is 0. The molecule has 0 spiro atoms. The molecule has 1 aromatic heterocycles. The number of para-hydroxylation sites is 2. The average Bonchev–Trinajstić information content (AvgIpc) is 3.41. The van der Waals surface area contributed by atoms with Crippen LogP contribution >= 0.6 is 0 Å². The quantitative estimate of drug-likeness (QED) is 0.325. The fourth-order valence-corrected chi connectivity index (χ4v) is 3.57. The van der Waals surface area contributed by atoms with Crippen molar-refractivity contribution in [2.75, 3.05) is 25.5 Å². The molecule has 3 aromatic carbocycles. The lowest BCUT2D eigenvalue weighted by Gasteiger charge is -2.16. The van der Waals surface area contributed by atoms with Crippen molar-refractivity contribution in [1.29, 1.82) is 0 Å². The van der Waals surface area contributed by atoms with Crippen LogP contribution in [-0.4, -0.2) is 47.2 Å². The van der Waals surface area contributed by atoms with Gasteiger partial charge in [-0.2, -0.15) is 4.98 Å². The minimum Gasteiger partial charge on any atom is -0.494 e. The molecule has 9 nitrogen and oxygen atoms in total. The highest BCUT2D eigenvalue weighted by molar-refractivity contribution is 5.94. The fourth-order valence-electron chi connectivity index (χ4n) is 3.57. The Morgan fingerprint density at radius 3 is 2.46 bits per heavy atom. The number of likely N-dealkylation sites (N-methyl/N-ethyl adjacent to an activating group) is 1. The van der Waals surface area contributed by atoms with Gasteiger partial charge in [-0.1, -0.05) is 41.6 Å². The van der Waals surface area contributed by atoms with E-state index in [-0.39, 0.29) is 11.9 Å². The van der Waals surface area contributed by atoms with Crippen molar-refractivity contribution >= 4 is 17.6 Å². The lowest BCUT2D eigenvalue weighted by molar-refractivity contribution is 0.0950. The zero-order chi connectivity index (χ0) is 26.0. The van der Waals surface area contributed by atoms with Gasteiger partial charge < -0.3 is 24.8 Å². The van der Waals surface area contributed by atoms with Crippen molar-refractivity contribution in [3.05, 3.63) is 95.8 Å². The Labute approximate surface area is 215 Å². The van der Waals surface area contributed by atoms with E-state index in [0.717, 1.165) is 17.0 Å². The predicted molar refractivity (Wildman–Crippen MR) is 140 cm³/mol. The first kappa shape index (κ1) is 25.4. The van der Waals surface area contributed by atoms with Crippen molar-refractivity contribution in [2.45, 2.75) is 19.9 Å². The van der Waals surface area contributed by atoms with Crippen molar-refractivity contribution in [3.63, 3.8) is 0 Å². The molecule has 1 heterocycles. The van der Waals surface area contributed by atoms with E-state index in [0.29, 0.717) is 49.0 Å². The molecule has 0 saturated heterocycles. The summed E-state index contributed by atoms with van der Waals surface area (Å²) in [5.74, 6) is 1.41. The third kappa shape index (κ3) is 6.94. The highest BCUT2D eigenvalue weighted by Gasteiger charge is 2.14. The molecule has 4 aromatic rings.